The molecular formula is C45H28N2S. The fourth-order valence-electron chi connectivity index (χ4n) is 7.35. The van der Waals surface area contributed by atoms with Crippen LogP contribution in [-0.2, 0) is 0 Å². The first-order chi connectivity index (χ1) is 23.8. The van der Waals surface area contributed by atoms with Crippen LogP contribution < -0.4 is 4.90 Å². The van der Waals surface area contributed by atoms with Gasteiger partial charge in [0.05, 0.1) is 21.6 Å². The number of pyridine rings is 1. The van der Waals surface area contributed by atoms with E-state index in [1.807, 2.05) is 11.3 Å². The summed E-state index contributed by atoms with van der Waals surface area (Å²) in [6, 6.07) is 61.4. The first kappa shape index (κ1) is 27.1. The van der Waals surface area contributed by atoms with Gasteiger partial charge in [-0.05, 0) is 64.0 Å². The van der Waals surface area contributed by atoms with Gasteiger partial charge in [0.1, 0.15) is 0 Å². The minimum absolute atomic E-state index is 1.000. The molecule has 0 amide bonds. The van der Waals surface area contributed by atoms with Crippen molar-refractivity contribution in [2.24, 2.45) is 0 Å². The Morgan fingerprint density at radius 3 is 1.73 bits per heavy atom. The van der Waals surface area contributed by atoms with Crippen molar-refractivity contribution in [1.29, 1.82) is 0 Å². The Bertz CT molecular complexity index is 2770. The van der Waals surface area contributed by atoms with E-state index in [0.717, 1.165) is 39.2 Å². The van der Waals surface area contributed by atoms with Crippen molar-refractivity contribution in [1.82, 2.24) is 4.98 Å². The molecule has 0 aliphatic rings. The Morgan fingerprint density at radius 1 is 0.438 bits per heavy atom. The van der Waals surface area contributed by atoms with Gasteiger partial charge in [0.15, 0.2) is 0 Å². The number of thiophene rings is 1. The summed E-state index contributed by atoms with van der Waals surface area (Å²) in [5, 5.41) is 11.0. The maximum absolute atomic E-state index is 5.36. The van der Waals surface area contributed by atoms with Crippen LogP contribution in [-0.4, -0.2) is 4.98 Å². The number of anilines is 3. The molecular weight excluding hydrogens is 601 g/mol. The van der Waals surface area contributed by atoms with E-state index in [-0.39, 0.29) is 0 Å². The summed E-state index contributed by atoms with van der Waals surface area (Å²) in [5.74, 6) is 0. The molecule has 0 atom stereocenters. The molecule has 0 aliphatic heterocycles. The summed E-state index contributed by atoms with van der Waals surface area (Å²) < 4.78 is 2.54. The van der Waals surface area contributed by atoms with Crippen molar-refractivity contribution in [2.75, 3.05) is 4.90 Å². The van der Waals surface area contributed by atoms with E-state index >= 15 is 0 Å². The highest BCUT2D eigenvalue weighted by molar-refractivity contribution is 7.26. The third-order valence-electron chi connectivity index (χ3n) is 9.56. The highest BCUT2D eigenvalue weighted by Crippen LogP contribution is 2.51. The number of hydrogen-bond acceptors (Lipinski definition) is 3. The number of benzene rings is 8. The van der Waals surface area contributed by atoms with Gasteiger partial charge < -0.3 is 4.90 Å². The fourth-order valence-corrected chi connectivity index (χ4v) is 8.57. The second-order valence-corrected chi connectivity index (χ2v) is 13.4. The molecule has 10 rings (SSSR count). The van der Waals surface area contributed by atoms with Gasteiger partial charge >= 0.3 is 0 Å². The zero-order chi connectivity index (χ0) is 31.6. The molecule has 0 spiro atoms. The topological polar surface area (TPSA) is 16.1 Å². The van der Waals surface area contributed by atoms with Gasteiger partial charge in [0.2, 0.25) is 0 Å². The zero-order valence-corrected chi connectivity index (χ0v) is 26.8. The van der Waals surface area contributed by atoms with Crippen LogP contribution >= 0.6 is 11.3 Å². The van der Waals surface area contributed by atoms with Crippen molar-refractivity contribution >= 4 is 91.8 Å². The molecule has 0 radical (unpaired) electrons. The third-order valence-corrected chi connectivity index (χ3v) is 10.8. The number of nitrogens with zero attached hydrogens (tertiary/aromatic N) is 2. The molecule has 0 aliphatic carbocycles. The second kappa shape index (κ2) is 10.8. The zero-order valence-electron chi connectivity index (χ0n) is 26.0. The molecule has 0 saturated carbocycles. The number of hydrogen-bond donors (Lipinski definition) is 0. The molecule has 0 N–H and O–H groups in total. The summed E-state index contributed by atoms with van der Waals surface area (Å²) in [6.45, 7) is 0. The number of para-hydroxylation sites is 1. The summed E-state index contributed by atoms with van der Waals surface area (Å²) >= 11 is 1.88. The minimum atomic E-state index is 1.000. The Labute approximate surface area is 281 Å². The predicted molar refractivity (Wildman–Crippen MR) is 207 cm³/mol. The van der Waals surface area contributed by atoms with Crippen LogP contribution in [0.25, 0.3) is 74.6 Å². The van der Waals surface area contributed by atoms with Crippen molar-refractivity contribution in [3.05, 3.63) is 170 Å². The van der Waals surface area contributed by atoms with Gasteiger partial charge in [-0.25, -0.2) is 4.98 Å². The molecule has 10 aromatic rings. The molecule has 48 heavy (non-hydrogen) atoms. The second-order valence-electron chi connectivity index (χ2n) is 12.4. The van der Waals surface area contributed by atoms with Gasteiger partial charge in [0, 0.05) is 48.6 Å². The standard InChI is InChI=1S/C45H28N2S/c1-2-14-31(15-3-1)44-38-28-40(45-43(37-19-9-11-21-41(37)48-45)42(38)36-18-8-10-20-39(36)46-44)47(34-24-22-29-12-4-6-16-32(29)26-34)35-25-23-30-13-5-7-17-33(30)27-35/h1-28H. The van der Waals surface area contributed by atoms with E-state index in [1.165, 1.54) is 52.5 Å². The Hall–Kier alpha value is -6.03. The molecule has 0 unspecified atom stereocenters. The SMILES string of the molecule is c1ccc(-c2nc3ccccc3c3c2cc(N(c2ccc4ccccc4c2)c2ccc4ccccc4c2)c2sc4ccccc4c23)cc1. The molecule has 0 saturated heterocycles. The molecule has 2 heterocycles. The van der Waals surface area contributed by atoms with Crippen LogP contribution in [0.4, 0.5) is 17.1 Å². The highest BCUT2D eigenvalue weighted by Gasteiger charge is 2.24. The monoisotopic (exact) mass is 628 g/mol. The summed E-state index contributed by atoms with van der Waals surface area (Å²) in [5.41, 5.74) is 6.52. The lowest BCUT2D eigenvalue weighted by atomic mass is 9.95. The lowest BCUT2D eigenvalue weighted by Gasteiger charge is -2.28. The first-order valence-electron chi connectivity index (χ1n) is 16.3. The third kappa shape index (κ3) is 4.22. The summed E-state index contributed by atoms with van der Waals surface area (Å²) in [7, 11) is 0. The van der Waals surface area contributed by atoms with Crippen molar-refractivity contribution in [2.45, 2.75) is 0 Å². The van der Waals surface area contributed by atoms with E-state index in [2.05, 4.69) is 175 Å². The molecule has 0 fully saturated rings. The number of rotatable bonds is 4. The first-order valence-corrected chi connectivity index (χ1v) is 17.1. The Morgan fingerprint density at radius 2 is 1.02 bits per heavy atom. The van der Waals surface area contributed by atoms with E-state index in [1.54, 1.807) is 0 Å². The largest absolute Gasteiger partial charge is 0.309 e. The smallest absolute Gasteiger partial charge is 0.0789 e. The van der Waals surface area contributed by atoms with Crippen molar-refractivity contribution < 1.29 is 0 Å². The average molecular weight is 629 g/mol. The van der Waals surface area contributed by atoms with E-state index < -0.39 is 0 Å². The Kier molecular flexibility index (Phi) is 6.08. The van der Waals surface area contributed by atoms with Crippen LogP contribution in [0, 0.1) is 0 Å². The van der Waals surface area contributed by atoms with Crippen LogP contribution in [0.5, 0.6) is 0 Å². The predicted octanol–water partition coefficient (Wildman–Crippen LogP) is 13.2. The van der Waals surface area contributed by atoms with Gasteiger partial charge in [0.25, 0.3) is 0 Å². The molecule has 0 bridgehead atoms. The van der Waals surface area contributed by atoms with Crippen molar-refractivity contribution in [3.63, 3.8) is 0 Å². The van der Waals surface area contributed by atoms with E-state index in [0.29, 0.717) is 0 Å². The molecule has 8 aromatic carbocycles. The molecule has 2 nitrogen and oxygen atoms in total. The summed E-state index contributed by atoms with van der Waals surface area (Å²) in [4.78, 5) is 7.82. The van der Waals surface area contributed by atoms with Crippen LogP contribution in [0.2, 0.25) is 0 Å². The van der Waals surface area contributed by atoms with Crippen molar-refractivity contribution in [3.8, 4) is 11.3 Å². The van der Waals surface area contributed by atoms with Gasteiger partial charge in [-0.2, -0.15) is 0 Å². The quantitative estimate of drug-likeness (QED) is 0.180. The molecule has 224 valence electrons. The highest BCUT2D eigenvalue weighted by atomic mass is 32.1. The van der Waals surface area contributed by atoms with E-state index in [9.17, 15) is 0 Å². The normalized spacial score (nSPS) is 11.8. The number of aromatic nitrogens is 1. The van der Waals surface area contributed by atoms with Crippen LogP contribution in [0.1, 0.15) is 0 Å². The number of fused-ring (bicyclic) bond motifs is 9. The van der Waals surface area contributed by atoms with Crippen LogP contribution in [0.15, 0.2) is 170 Å². The van der Waals surface area contributed by atoms with E-state index in [4.69, 9.17) is 4.98 Å². The maximum atomic E-state index is 5.36. The lowest BCUT2D eigenvalue weighted by molar-refractivity contribution is 1.32. The lowest BCUT2D eigenvalue weighted by Crippen LogP contribution is -2.10. The molecule has 2 aromatic heterocycles. The average Bonchev–Trinajstić information content (AvgIpc) is 3.55. The fraction of sp³-hybridized carbons (Fsp3) is 0. The minimum Gasteiger partial charge on any atom is -0.309 e. The molecule has 3 heteroatoms. The van der Waals surface area contributed by atoms with Gasteiger partial charge in [-0.3, -0.25) is 0 Å². The van der Waals surface area contributed by atoms with Crippen LogP contribution in [0.3, 0.4) is 0 Å². The maximum Gasteiger partial charge on any atom is 0.0789 e. The summed E-state index contributed by atoms with van der Waals surface area (Å²) in [6.07, 6.45) is 0. The van der Waals surface area contributed by atoms with Gasteiger partial charge in [-0.1, -0.05) is 127 Å². The Balaban J connectivity index is 1.40. The van der Waals surface area contributed by atoms with Gasteiger partial charge in [-0.15, -0.1) is 11.3 Å².